The van der Waals surface area contributed by atoms with Gasteiger partial charge < -0.3 is 15.1 Å². The maximum absolute atomic E-state index is 11.2. The highest BCUT2D eigenvalue weighted by atomic mass is 16.3. The summed E-state index contributed by atoms with van der Waals surface area (Å²) in [6.45, 7) is 2.56. The molecule has 0 atom stereocenters. The number of furan rings is 1. The summed E-state index contributed by atoms with van der Waals surface area (Å²) in [5, 5.41) is 10.0. The van der Waals surface area contributed by atoms with Gasteiger partial charge in [-0.15, -0.1) is 0 Å². The number of hydrogen-bond donors (Lipinski definition) is 2. The summed E-state index contributed by atoms with van der Waals surface area (Å²) in [6.07, 6.45) is 9.49. The molecular formula is C27H29N3O2. The molecule has 164 valence electrons. The topological polar surface area (TPSA) is 67.2 Å². The second-order valence-corrected chi connectivity index (χ2v) is 8.91. The van der Waals surface area contributed by atoms with Crippen LogP contribution < -0.4 is 10.6 Å². The molecule has 0 saturated heterocycles. The molecule has 0 unspecified atom stereocenters. The third-order valence-electron chi connectivity index (χ3n) is 6.59. The fourth-order valence-electron chi connectivity index (χ4n) is 4.89. The first-order chi connectivity index (χ1) is 15.7. The number of nitrogens with zero attached hydrogens (tertiary/aromatic N) is 1. The lowest BCUT2D eigenvalue weighted by Gasteiger charge is -2.29. The van der Waals surface area contributed by atoms with Crippen molar-refractivity contribution in [1.82, 2.24) is 10.3 Å². The van der Waals surface area contributed by atoms with Crippen LogP contribution in [0.5, 0.6) is 0 Å². The van der Waals surface area contributed by atoms with Crippen molar-refractivity contribution < 1.29 is 9.21 Å². The Kier molecular flexibility index (Phi) is 5.80. The molecular weight excluding hydrogens is 398 g/mol. The second-order valence-electron chi connectivity index (χ2n) is 8.91. The van der Waals surface area contributed by atoms with Crippen LogP contribution in [0.3, 0.4) is 0 Å². The lowest BCUT2D eigenvalue weighted by atomic mass is 9.84. The summed E-state index contributed by atoms with van der Waals surface area (Å²) < 4.78 is 6.11. The van der Waals surface area contributed by atoms with E-state index in [-0.39, 0.29) is 5.91 Å². The van der Waals surface area contributed by atoms with E-state index in [0.717, 1.165) is 70.5 Å². The van der Waals surface area contributed by atoms with Gasteiger partial charge in [-0.05, 0) is 67.7 Å². The largest absolute Gasteiger partial charge is 0.456 e. The van der Waals surface area contributed by atoms with Crippen LogP contribution in [0.25, 0.3) is 33.1 Å². The molecule has 1 fully saturated rings. The zero-order chi connectivity index (χ0) is 21.9. The van der Waals surface area contributed by atoms with Gasteiger partial charge in [0.1, 0.15) is 11.3 Å². The summed E-state index contributed by atoms with van der Waals surface area (Å²) in [6, 6.07) is 17.0. The molecule has 2 aromatic carbocycles. The number of benzene rings is 2. The third kappa shape index (κ3) is 4.47. The number of carbonyl (C=O) groups excluding carboxylic acids is 1. The van der Waals surface area contributed by atoms with Gasteiger partial charge in [0, 0.05) is 53.9 Å². The highest BCUT2D eigenvalue weighted by molar-refractivity contribution is 5.98. The van der Waals surface area contributed by atoms with Crippen molar-refractivity contribution in [2.45, 2.75) is 45.1 Å². The van der Waals surface area contributed by atoms with Gasteiger partial charge in [0.25, 0.3) is 0 Å². The summed E-state index contributed by atoms with van der Waals surface area (Å²) in [7, 11) is 0. The molecule has 5 rings (SSSR count). The monoisotopic (exact) mass is 427 g/mol. The number of para-hydroxylation sites is 1. The number of aromatic nitrogens is 1. The number of amides is 1. The smallest absolute Gasteiger partial charge is 0.217 e. The molecule has 0 radical (unpaired) electrons. The number of pyridine rings is 1. The number of hydrogen-bond acceptors (Lipinski definition) is 4. The Bertz CT molecular complexity index is 1210. The lowest BCUT2D eigenvalue weighted by molar-refractivity contribution is -0.119. The molecule has 32 heavy (non-hydrogen) atoms. The van der Waals surface area contributed by atoms with E-state index in [0.29, 0.717) is 6.04 Å². The van der Waals surface area contributed by atoms with Gasteiger partial charge in [-0.25, -0.2) is 0 Å². The molecule has 2 heterocycles. The molecule has 1 saturated carbocycles. The number of rotatable bonds is 6. The summed E-state index contributed by atoms with van der Waals surface area (Å²) in [5.41, 5.74) is 3.02. The first-order valence-electron chi connectivity index (χ1n) is 11.5. The van der Waals surface area contributed by atoms with Crippen LogP contribution >= 0.6 is 0 Å². The zero-order valence-corrected chi connectivity index (χ0v) is 18.4. The van der Waals surface area contributed by atoms with E-state index in [1.165, 1.54) is 12.8 Å². The van der Waals surface area contributed by atoms with Gasteiger partial charge >= 0.3 is 0 Å². The maximum atomic E-state index is 11.2. The van der Waals surface area contributed by atoms with E-state index >= 15 is 0 Å². The van der Waals surface area contributed by atoms with Crippen molar-refractivity contribution in [3.8, 4) is 11.3 Å². The van der Waals surface area contributed by atoms with Gasteiger partial charge in [0.2, 0.25) is 5.91 Å². The normalized spacial score (nSPS) is 18.7. The lowest BCUT2D eigenvalue weighted by Crippen LogP contribution is -2.36. The van der Waals surface area contributed by atoms with Crippen molar-refractivity contribution in [2.24, 2.45) is 5.92 Å². The van der Waals surface area contributed by atoms with Crippen LogP contribution in [0.2, 0.25) is 0 Å². The minimum atomic E-state index is 0.0867. The Hall–Kier alpha value is -3.34. The molecule has 2 aromatic heterocycles. The van der Waals surface area contributed by atoms with Gasteiger partial charge in [-0.1, -0.05) is 24.3 Å². The van der Waals surface area contributed by atoms with Crippen LogP contribution in [0.1, 0.15) is 39.0 Å². The predicted octanol–water partition coefficient (Wildman–Crippen LogP) is 6.14. The fourth-order valence-corrected chi connectivity index (χ4v) is 4.89. The second kappa shape index (κ2) is 9.03. The quantitative estimate of drug-likeness (QED) is 0.388. The molecule has 2 N–H and O–H groups in total. The molecule has 0 aliphatic heterocycles. The van der Waals surface area contributed by atoms with E-state index in [2.05, 4.69) is 45.9 Å². The first kappa shape index (κ1) is 20.6. The molecule has 0 bridgehead atoms. The van der Waals surface area contributed by atoms with E-state index in [9.17, 15) is 4.79 Å². The Morgan fingerprint density at radius 2 is 1.88 bits per heavy atom. The van der Waals surface area contributed by atoms with Gasteiger partial charge in [0.15, 0.2) is 0 Å². The first-order valence-corrected chi connectivity index (χ1v) is 11.5. The maximum Gasteiger partial charge on any atom is 0.217 e. The van der Waals surface area contributed by atoms with Crippen LogP contribution in [-0.2, 0) is 4.79 Å². The predicted molar refractivity (Wildman–Crippen MR) is 130 cm³/mol. The van der Waals surface area contributed by atoms with E-state index < -0.39 is 0 Å². The van der Waals surface area contributed by atoms with E-state index in [1.807, 2.05) is 30.6 Å². The van der Waals surface area contributed by atoms with Crippen molar-refractivity contribution in [2.75, 3.05) is 11.9 Å². The molecule has 1 aliphatic rings. The van der Waals surface area contributed by atoms with Crippen molar-refractivity contribution >= 4 is 33.3 Å². The average molecular weight is 428 g/mol. The Morgan fingerprint density at radius 1 is 1.03 bits per heavy atom. The van der Waals surface area contributed by atoms with Crippen LogP contribution in [0, 0.1) is 5.92 Å². The van der Waals surface area contributed by atoms with Crippen LogP contribution in [0.15, 0.2) is 65.3 Å². The Balaban J connectivity index is 1.27. The molecule has 1 amide bonds. The summed E-state index contributed by atoms with van der Waals surface area (Å²) in [5.74, 6) is 1.66. The van der Waals surface area contributed by atoms with Crippen molar-refractivity contribution in [3.05, 3.63) is 60.9 Å². The van der Waals surface area contributed by atoms with Gasteiger partial charge in [0.05, 0.1) is 0 Å². The van der Waals surface area contributed by atoms with E-state index in [1.54, 1.807) is 6.92 Å². The number of nitrogens with one attached hydrogen (secondary N) is 2. The highest BCUT2D eigenvalue weighted by Gasteiger charge is 2.21. The minimum Gasteiger partial charge on any atom is -0.456 e. The number of fused-ring (bicyclic) bond motifs is 2. The average Bonchev–Trinajstić information content (AvgIpc) is 3.23. The zero-order valence-electron chi connectivity index (χ0n) is 18.4. The van der Waals surface area contributed by atoms with Crippen molar-refractivity contribution in [3.63, 3.8) is 0 Å². The standard InChI is InChI=1S/C27H29N3O2/c1-18(31)30-22-9-6-19(7-10-22)12-13-29-23-11-8-21-16-28-17-25(24(21)15-23)27-14-20-4-2-3-5-26(20)32-27/h2-5,8,11,14-17,19,22,29H,6-7,9-10,12-13H2,1H3,(H,30,31)/t19-,22-. The van der Waals surface area contributed by atoms with Gasteiger partial charge in [-0.3, -0.25) is 9.78 Å². The number of carbonyl (C=O) groups is 1. The van der Waals surface area contributed by atoms with Crippen molar-refractivity contribution in [1.29, 1.82) is 0 Å². The molecule has 5 nitrogen and oxygen atoms in total. The number of anilines is 1. The third-order valence-corrected chi connectivity index (χ3v) is 6.59. The molecule has 4 aromatic rings. The Morgan fingerprint density at radius 3 is 2.69 bits per heavy atom. The highest BCUT2D eigenvalue weighted by Crippen LogP contribution is 2.33. The summed E-state index contributed by atoms with van der Waals surface area (Å²) >= 11 is 0. The van der Waals surface area contributed by atoms with E-state index in [4.69, 9.17) is 4.42 Å². The Labute approximate surface area is 188 Å². The fraction of sp³-hybridized carbons (Fsp3) is 0.333. The molecule has 0 spiro atoms. The summed E-state index contributed by atoms with van der Waals surface area (Å²) in [4.78, 5) is 15.7. The van der Waals surface area contributed by atoms with Gasteiger partial charge in [-0.2, -0.15) is 0 Å². The van der Waals surface area contributed by atoms with Crippen LogP contribution in [-0.4, -0.2) is 23.5 Å². The minimum absolute atomic E-state index is 0.0867. The molecule has 1 aliphatic carbocycles. The SMILES string of the molecule is CC(=O)N[C@H]1CC[C@H](CCNc2ccc3cncc(-c4cc5ccccc5o4)c3c2)CC1. The van der Waals surface area contributed by atoms with Crippen LogP contribution in [0.4, 0.5) is 5.69 Å². The molecule has 5 heteroatoms.